The minimum absolute atomic E-state index is 0.344. The van der Waals surface area contributed by atoms with Gasteiger partial charge in [-0.2, -0.15) is 0 Å². The van der Waals surface area contributed by atoms with Crippen LogP contribution >= 0.6 is 0 Å². The summed E-state index contributed by atoms with van der Waals surface area (Å²) in [7, 11) is 1.74. The summed E-state index contributed by atoms with van der Waals surface area (Å²) in [6.45, 7) is 2.56. The third kappa shape index (κ3) is 2.17. The molecule has 4 nitrogen and oxygen atoms in total. The molecule has 0 saturated carbocycles. The molecule has 0 N–H and O–H groups in total. The van der Waals surface area contributed by atoms with E-state index < -0.39 is 0 Å². The van der Waals surface area contributed by atoms with E-state index >= 15 is 0 Å². The Morgan fingerprint density at radius 3 is 2.50 bits per heavy atom. The average Bonchev–Trinajstić information content (AvgIpc) is 2.99. The van der Waals surface area contributed by atoms with Crippen molar-refractivity contribution in [1.29, 1.82) is 0 Å². The largest absolute Gasteiger partial charge is 0.497 e. The van der Waals surface area contributed by atoms with Gasteiger partial charge in [0.1, 0.15) is 5.75 Å². The van der Waals surface area contributed by atoms with Crippen molar-refractivity contribution >= 4 is 0 Å². The monoisotopic (exact) mass is 323 g/mol. The van der Waals surface area contributed by atoms with Crippen molar-refractivity contribution in [3.05, 3.63) is 52.6 Å². The first-order chi connectivity index (χ1) is 11.8. The van der Waals surface area contributed by atoms with Crippen LogP contribution in [-0.4, -0.2) is 31.9 Å². The maximum absolute atomic E-state index is 5.59. The Morgan fingerprint density at radius 2 is 1.71 bits per heavy atom. The standard InChI is InChI=1S/C20H21NO3/c1-22-16-2-3-17-14(8-16)5-7-21-6-4-13-10-19-20(24-12-23-19)11-15(13)9-18(17)21/h2-3,8,10-11,18H,4-7,9,12H2,1H3. The molecule has 0 radical (unpaired) electrons. The zero-order chi connectivity index (χ0) is 16.1. The molecule has 24 heavy (non-hydrogen) atoms. The van der Waals surface area contributed by atoms with E-state index in [9.17, 15) is 0 Å². The maximum atomic E-state index is 5.59. The van der Waals surface area contributed by atoms with Crippen LogP contribution in [0.5, 0.6) is 17.2 Å². The Hall–Kier alpha value is -2.20. The molecule has 5 rings (SSSR count). The van der Waals surface area contributed by atoms with Gasteiger partial charge in [-0.15, -0.1) is 0 Å². The van der Waals surface area contributed by atoms with Crippen LogP contribution in [0.4, 0.5) is 0 Å². The zero-order valence-corrected chi connectivity index (χ0v) is 13.9. The molecule has 124 valence electrons. The highest BCUT2D eigenvalue weighted by molar-refractivity contribution is 5.50. The predicted octanol–water partition coefficient (Wildman–Crippen LogP) is 3.12. The highest BCUT2D eigenvalue weighted by atomic mass is 16.7. The van der Waals surface area contributed by atoms with Gasteiger partial charge in [0, 0.05) is 19.1 Å². The summed E-state index contributed by atoms with van der Waals surface area (Å²) in [5.41, 5.74) is 5.69. The van der Waals surface area contributed by atoms with E-state index in [0.717, 1.165) is 49.6 Å². The van der Waals surface area contributed by atoms with Crippen molar-refractivity contribution in [2.45, 2.75) is 25.3 Å². The van der Waals surface area contributed by atoms with Crippen molar-refractivity contribution < 1.29 is 14.2 Å². The number of benzene rings is 2. The summed E-state index contributed by atoms with van der Waals surface area (Å²) < 4.78 is 16.5. The molecule has 0 aromatic heterocycles. The number of nitrogens with zero attached hydrogens (tertiary/aromatic N) is 1. The van der Waals surface area contributed by atoms with Gasteiger partial charge >= 0.3 is 0 Å². The summed E-state index contributed by atoms with van der Waals surface area (Å²) in [5.74, 6) is 2.76. The van der Waals surface area contributed by atoms with Gasteiger partial charge in [0.15, 0.2) is 11.5 Å². The topological polar surface area (TPSA) is 30.9 Å². The molecule has 3 heterocycles. The number of methoxy groups -OCH3 is 1. The van der Waals surface area contributed by atoms with E-state index in [1.54, 1.807) is 7.11 Å². The number of fused-ring (bicyclic) bond motifs is 5. The van der Waals surface area contributed by atoms with Gasteiger partial charge in [0.05, 0.1) is 7.11 Å². The first kappa shape index (κ1) is 14.2. The van der Waals surface area contributed by atoms with Gasteiger partial charge in [-0.25, -0.2) is 0 Å². The molecule has 0 aliphatic carbocycles. The lowest BCUT2D eigenvalue weighted by molar-refractivity contribution is 0.173. The predicted molar refractivity (Wildman–Crippen MR) is 91.0 cm³/mol. The molecule has 0 spiro atoms. The molecule has 0 amide bonds. The SMILES string of the molecule is COc1ccc2c(c1)CCN1CCc3cc4c(cc3CC21)OCO4. The lowest BCUT2D eigenvalue weighted by Gasteiger charge is -2.36. The van der Waals surface area contributed by atoms with E-state index in [4.69, 9.17) is 14.2 Å². The fourth-order valence-electron chi connectivity index (χ4n) is 4.30. The minimum atomic E-state index is 0.344. The van der Waals surface area contributed by atoms with Crippen LogP contribution in [0.25, 0.3) is 0 Å². The second kappa shape index (κ2) is 5.42. The smallest absolute Gasteiger partial charge is 0.231 e. The van der Waals surface area contributed by atoms with Gasteiger partial charge in [-0.05, 0) is 65.8 Å². The summed E-state index contributed by atoms with van der Waals surface area (Å²) in [4.78, 5) is 2.63. The van der Waals surface area contributed by atoms with Crippen LogP contribution in [0.1, 0.15) is 28.3 Å². The minimum Gasteiger partial charge on any atom is -0.497 e. The third-order valence-electron chi connectivity index (χ3n) is 5.59. The van der Waals surface area contributed by atoms with Crippen LogP contribution in [0.3, 0.4) is 0 Å². The molecule has 2 aromatic carbocycles. The van der Waals surface area contributed by atoms with Crippen molar-refractivity contribution in [3.8, 4) is 17.2 Å². The Kier molecular flexibility index (Phi) is 3.20. The fourth-order valence-corrected chi connectivity index (χ4v) is 4.30. The van der Waals surface area contributed by atoms with Crippen molar-refractivity contribution in [2.75, 3.05) is 27.0 Å². The third-order valence-corrected chi connectivity index (χ3v) is 5.59. The van der Waals surface area contributed by atoms with Crippen molar-refractivity contribution in [2.24, 2.45) is 0 Å². The van der Waals surface area contributed by atoms with Gasteiger partial charge < -0.3 is 14.2 Å². The molecule has 0 fully saturated rings. The first-order valence-electron chi connectivity index (χ1n) is 8.64. The van der Waals surface area contributed by atoms with Crippen LogP contribution in [0.15, 0.2) is 30.3 Å². The molecule has 3 aliphatic heterocycles. The lowest BCUT2D eigenvalue weighted by Crippen LogP contribution is -2.36. The van der Waals surface area contributed by atoms with Crippen molar-refractivity contribution in [1.82, 2.24) is 4.90 Å². The second-order valence-electron chi connectivity index (χ2n) is 6.79. The van der Waals surface area contributed by atoms with E-state index in [0.29, 0.717) is 12.8 Å². The van der Waals surface area contributed by atoms with E-state index in [1.165, 1.54) is 22.3 Å². The fraction of sp³-hybridized carbons (Fsp3) is 0.400. The maximum Gasteiger partial charge on any atom is 0.231 e. The quantitative estimate of drug-likeness (QED) is 0.807. The normalized spacial score (nSPS) is 21.5. The van der Waals surface area contributed by atoms with Crippen molar-refractivity contribution in [3.63, 3.8) is 0 Å². The first-order valence-corrected chi connectivity index (χ1v) is 8.64. The Balaban J connectivity index is 1.55. The molecular weight excluding hydrogens is 302 g/mol. The van der Waals surface area contributed by atoms with Gasteiger partial charge in [0.2, 0.25) is 6.79 Å². The Bertz CT molecular complexity index is 802. The Morgan fingerprint density at radius 1 is 0.958 bits per heavy atom. The summed E-state index contributed by atoms with van der Waals surface area (Å²) in [6, 6.07) is 11.4. The Labute approximate surface area is 141 Å². The molecule has 1 atom stereocenters. The highest BCUT2D eigenvalue weighted by Crippen LogP contribution is 2.41. The van der Waals surface area contributed by atoms with Gasteiger partial charge in [-0.1, -0.05) is 6.07 Å². The number of rotatable bonds is 1. The van der Waals surface area contributed by atoms with Gasteiger partial charge in [0.25, 0.3) is 0 Å². The zero-order valence-electron chi connectivity index (χ0n) is 13.9. The molecule has 1 unspecified atom stereocenters. The van der Waals surface area contributed by atoms with E-state index in [-0.39, 0.29) is 0 Å². The highest BCUT2D eigenvalue weighted by Gasteiger charge is 2.31. The summed E-state index contributed by atoms with van der Waals surface area (Å²) in [5, 5.41) is 0. The molecule has 4 heteroatoms. The molecule has 3 aliphatic rings. The van der Waals surface area contributed by atoms with Crippen LogP contribution < -0.4 is 14.2 Å². The van der Waals surface area contributed by atoms with Gasteiger partial charge in [-0.3, -0.25) is 4.90 Å². The second-order valence-corrected chi connectivity index (χ2v) is 6.79. The van der Waals surface area contributed by atoms with Crippen LogP contribution in [-0.2, 0) is 19.3 Å². The van der Waals surface area contributed by atoms with Crippen LogP contribution in [0, 0.1) is 0 Å². The number of ether oxygens (including phenoxy) is 3. The lowest BCUT2D eigenvalue weighted by atomic mass is 9.88. The molecular formula is C20H21NO3. The number of hydrogen-bond donors (Lipinski definition) is 0. The molecule has 0 bridgehead atoms. The average molecular weight is 323 g/mol. The van der Waals surface area contributed by atoms with E-state index in [1.807, 2.05) is 0 Å². The number of hydrogen-bond acceptors (Lipinski definition) is 4. The van der Waals surface area contributed by atoms with Crippen LogP contribution in [0.2, 0.25) is 0 Å². The summed E-state index contributed by atoms with van der Waals surface area (Å²) in [6.07, 6.45) is 3.21. The summed E-state index contributed by atoms with van der Waals surface area (Å²) >= 11 is 0. The molecule has 0 saturated heterocycles. The molecule has 2 aromatic rings. The van der Waals surface area contributed by atoms with E-state index in [2.05, 4.69) is 35.2 Å².